The van der Waals surface area contributed by atoms with E-state index in [4.69, 9.17) is 27.9 Å². The quantitative estimate of drug-likeness (QED) is 0.0396. The predicted molar refractivity (Wildman–Crippen MR) is 310 cm³/mol. The molecule has 1 aliphatic rings. The number of amides is 4. The molecule has 0 aliphatic carbocycles. The minimum atomic E-state index is -4.26. The monoisotopic (exact) mass is 1170 g/mol. The first-order chi connectivity index (χ1) is 38.7. The highest BCUT2D eigenvalue weighted by Gasteiger charge is 2.40. The number of carbonyl (C=O) groups excluding carboxylic acids is 5. The Morgan fingerprint density at radius 2 is 1.28 bits per heavy atom. The van der Waals surface area contributed by atoms with Crippen molar-refractivity contribution in [2.45, 2.75) is 168 Å². The van der Waals surface area contributed by atoms with E-state index in [2.05, 4.69) is 31.6 Å². The summed E-state index contributed by atoms with van der Waals surface area (Å²) >= 11 is 0. The number of aryl methyl sites for hydroxylation is 1. The number of Topliss-reactive ketones (excluding diaryl/α,β-unsaturated/α-hetero) is 1. The minimum absolute atomic E-state index is 0.0108. The summed E-state index contributed by atoms with van der Waals surface area (Å²) in [5.41, 5.74) is -0.913. The molecule has 23 heteroatoms. The summed E-state index contributed by atoms with van der Waals surface area (Å²) in [6.45, 7) is 20.0. The summed E-state index contributed by atoms with van der Waals surface area (Å²) in [7, 11) is -2.60. The van der Waals surface area contributed by atoms with Crippen LogP contribution in [0, 0.1) is 11.8 Å². The molecule has 1 aromatic heterocycles. The highest BCUT2D eigenvalue weighted by Crippen LogP contribution is 2.21. The van der Waals surface area contributed by atoms with Gasteiger partial charge in [-0.25, -0.2) is 4.68 Å². The second-order valence-electron chi connectivity index (χ2n) is 23.4. The predicted octanol–water partition coefficient (Wildman–Crippen LogP) is 4.11. The molecule has 460 valence electrons. The molecule has 4 rings (SSSR count). The fourth-order valence-electron chi connectivity index (χ4n) is 8.93. The molecule has 0 spiro atoms. The molecule has 1 fully saturated rings. The van der Waals surface area contributed by atoms with Crippen LogP contribution in [0.15, 0.2) is 66.9 Å². The van der Waals surface area contributed by atoms with Gasteiger partial charge < -0.3 is 50.1 Å². The lowest BCUT2D eigenvalue weighted by Gasteiger charge is -2.30. The Kier molecular flexibility index (Phi) is 29.2. The van der Waals surface area contributed by atoms with Crippen LogP contribution in [0.25, 0.3) is 0 Å². The van der Waals surface area contributed by atoms with Gasteiger partial charge in [0.15, 0.2) is 5.78 Å². The average Bonchev–Trinajstić information content (AvgIpc) is 3.97. The molecule has 1 saturated heterocycles. The maximum atomic E-state index is 14.5. The highest BCUT2D eigenvalue weighted by molar-refractivity contribution is 7.86. The van der Waals surface area contributed by atoms with Crippen LogP contribution in [-0.4, -0.2) is 183 Å². The Balaban J connectivity index is 1.34. The first-order valence-electron chi connectivity index (χ1n) is 28.7. The fraction of sp³-hybridized carbons (Fsp3) is 0.678. The first-order valence-corrected chi connectivity index (χ1v) is 30.3. The molecule has 1 aliphatic heterocycles. The summed E-state index contributed by atoms with van der Waals surface area (Å²) in [5.74, 6) is -3.98. The van der Waals surface area contributed by atoms with Crippen LogP contribution in [0.4, 0.5) is 0 Å². The Hall–Kier alpha value is -5.24. The van der Waals surface area contributed by atoms with Crippen LogP contribution in [0.3, 0.4) is 0 Å². The van der Waals surface area contributed by atoms with E-state index in [1.165, 1.54) is 0 Å². The van der Waals surface area contributed by atoms with Gasteiger partial charge in [0.2, 0.25) is 23.6 Å². The molecule has 5 N–H and O–H groups in total. The third-order valence-electron chi connectivity index (χ3n) is 13.8. The lowest BCUT2D eigenvalue weighted by Crippen LogP contribution is -2.60. The van der Waals surface area contributed by atoms with E-state index in [0.29, 0.717) is 76.8 Å². The zero-order chi connectivity index (χ0) is 60.4. The fourth-order valence-corrected chi connectivity index (χ4v) is 9.93. The van der Waals surface area contributed by atoms with Gasteiger partial charge in [-0.2, -0.15) is 8.42 Å². The van der Waals surface area contributed by atoms with Crippen molar-refractivity contribution in [3.8, 4) is 0 Å². The number of rotatable bonds is 40. The molecule has 1 unspecified atom stereocenters. The highest BCUT2D eigenvalue weighted by atomic mass is 32.2. The smallest absolute Gasteiger partial charge is 0.267 e. The molecule has 0 bridgehead atoms. The minimum Gasteiger partial charge on any atom is -0.385 e. The Labute approximate surface area is 486 Å². The van der Waals surface area contributed by atoms with E-state index in [9.17, 15) is 37.5 Å². The zero-order valence-electron chi connectivity index (χ0n) is 50.1. The van der Waals surface area contributed by atoms with Crippen LogP contribution in [0.5, 0.6) is 0 Å². The van der Waals surface area contributed by atoms with Crippen molar-refractivity contribution >= 4 is 39.5 Å². The van der Waals surface area contributed by atoms with E-state index in [-0.39, 0.29) is 75.2 Å². The third-order valence-corrected chi connectivity index (χ3v) is 15.0. The number of ketones is 1. The van der Waals surface area contributed by atoms with Crippen molar-refractivity contribution in [1.29, 1.82) is 0 Å². The van der Waals surface area contributed by atoms with Gasteiger partial charge in [0.05, 0.1) is 75.3 Å². The second kappa shape index (κ2) is 34.5. The number of hydrogen-bond acceptors (Lipinski definition) is 17. The van der Waals surface area contributed by atoms with Gasteiger partial charge in [0, 0.05) is 39.8 Å². The summed E-state index contributed by atoms with van der Waals surface area (Å²) in [6, 6.07) is 13.7. The number of aliphatic hydroxyl groups is 1. The van der Waals surface area contributed by atoms with Gasteiger partial charge in [-0.3, -0.25) is 33.1 Å². The van der Waals surface area contributed by atoms with Gasteiger partial charge in [-0.15, -0.1) is 5.10 Å². The molecule has 2 heterocycles. The normalized spacial score (nSPS) is 15.8. The van der Waals surface area contributed by atoms with Crippen LogP contribution < -0.4 is 21.3 Å². The maximum absolute atomic E-state index is 14.5. The van der Waals surface area contributed by atoms with Crippen LogP contribution in [0.2, 0.25) is 0 Å². The lowest BCUT2D eigenvalue weighted by molar-refractivity contribution is -0.143. The van der Waals surface area contributed by atoms with Crippen molar-refractivity contribution in [3.05, 3.63) is 83.7 Å². The number of ether oxygens (including phenoxy) is 5. The largest absolute Gasteiger partial charge is 0.385 e. The number of aromatic nitrogens is 3. The number of carbonyl (C=O) groups is 5. The van der Waals surface area contributed by atoms with Crippen molar-refractivity contribution in [1.82, 2.24) is 41.2 Å². The average molecular weight is 1170 g/mol. The second-order valence-corrected chi connectivity index (χ2v) is 25.2. The molecule has 3 aromatic rings. The Morgan fingerprint density at radius 1 is 0.720 bits per heavy atom. The number of benzene rings is 2. The molecule has 0 radical (unpaired) electrons. The van der Waals surface area contributed by atoms with Gasteiger partial charge in [0.25, 0.3) is 10.1 Å². The Bertz CT molecular complexity index is 2510. The molecular formula is C59H94N8O14S. The molecule has 82 heavy (non-hydrogen) atoms. The molecule has 2 aromatic carbocycles. The van der Waals surface area contributed by atoms with E-state index < -0.39 is 81.4 Å². The van der Waals surface area contributed by atoms with Gasteiger partial charge >= 0.3 is 0 Å². The van der Waals surface area contributed by atoms with Crippen LogP contribution in [-0.2, 0) is 88.0 Å². The number of nitrogens with zero attached hydrogens (tertiary/aromatic N) is 4. The zero-order valence-corrected chi connectivity index (χ0v) is 50.9. The standard InChI is InChI=1S/C59H94N8O14S/c1-43(2)36-49(53(69)59(9,73)42-81-82(74,75)35-17-29-78-41-47-39-67(65-64-47)28-34-80-58(7,8)25-31-79-57(5,6)24-30-76-10)61-56(72)51(38-46-20-15-12-16-21-46)63-55(71)50(37-44(3)4)62-54(70)48(23-22-45-18-13-11-14-19-45)60-52(68)40-66-26-32-77-33-27-66/h11-16,18-21,39,43-44,48-51,73H,17,22-38,40-42H2,1-10H3,(H,60,68)(H,61,72)(H,62,70)(H,63,71)/t48-,49-,50-,51-,59?/m0/s1. The lowest BCUT2D eigenvalue weighted by atomic mass is 9.90. The number of hydrogen-bond donors (Lipinski definition) is 5. The maximum Gasteiger partial charge on any atom is 0.267 e. The molecule has 5 atom stereocenters. The number of methoxy groups -OCH3 is 1. The molecular weight excluding hydrogens is 1080 g/mol. The van der Waals surface area contributed by atoms with E-state index >= 15 is 0 Å². The van der Waals surface area contributed by atoms with Gasteiger partial charge in [-0.05, 0) is 103 Å². The van der Waals surface area contributed by atoms with Gasteiger partial charge in [-0.1, -0.05) is 93.6 Å². The van der Waals surface area contributed by atoms with Crippen molar-refractivity contribution in [2.24, 2.45) is 11.8 Å². The van der Waals surface area contributed by atoms with Gasteiger partial charge in [0.1, 0.15) is 36.0 Å². The molecule has 0 saturated carbocycles. The van der Waals surface area contributed by atoms with Crippen LogP contribution in [0.1, 0.15) is 118 Å². The van der Waals surface area contributed by atoms with Crippen LogP contribution >= 0.6 is 0 Å². The summed E-state index contributed by atoms with van der Waals surface area (Å²) in [5, 5.41) is 31.1. The third kappa shape index (κ3) is 27.0. The molecule has 4 amide bonds. The SMILES string of the molecule is COCCC(C)(C)OCCC(C)(C)OCCn1cc(COCCCS(=O)(=O)OCC(C)(O)C(=O)[C@H](CC(C)C)NC(=O)[C@H](Cc2ccccc2)NC(=O)[C@H](CC(C)C)NC(=O)[C@H](CCc2ccccc2)NC(=O)CN2CCOCC2)nn1. The topological polar surface area (TPSA) is 277 Å². The molecule has 22 nitrogen and oxygen atoms in total. The Morgan fingerprint density at radius 3 is 1.91 bits per heavy atom. The number of morpholine rings is 1. The van der Waals surface area contributed by atoms with Crippen molar-refractivity contribution < 1.29 is 65.4 Å². The van der Waals surface area contributed by atoms with E-state index in [1.54, 1.807) is 48.3 Å². The summed E-state index contributed by atoms with van der Waals surface area (Å²) in [6.07, 6.45) is 4.18. The first kappa shape index (κ1) is 69.3. The van der Waals surface area contributed by atoms with E-state index in [0.717, 1.165) is 18.9 Å². The van der Waals surface area contributed by atoms with Crippen molar-refractivity contribution in [3.63, 3.8) is 0 Å². The van der Waals surface area contributed by atoms with Crippen molar-refractivity contribution in [2.75, 3.05) is 78.7 Å². The number of nitrogens with one attached hydrogen (secondary N) is 4. The summed E-state index contributed by atoms with van der Waals surface area (Å²) in [4.78, 5) is 72.6. The van der Waals surface area contributed by atoms with E-state index in [1.807, 2.05) is 90.6 Å². The summed E-state index contributed by atoms with van der Waals surface area (Å²) < 4.78 is 61.4.